The summed E-state index contributed by atoms with van der Waals surface area (Å²) in [4.78, 5) is 11.4. The Hall–Kier alpha value is -1.41. The van der Waals surface area contributed by atoms with Gasteiger partial charge in [-0.15, -0.1) is 0 Å². The second-order valence-electron chi connectivity index (χ2n) is 4.39. The van der Waals surface area contributed by atoms with E-state index in [-0.39, 0.29) is 22.9 Å². The van der Waals surface area contributed by atoms with Crippen molar-refractivity contribution in [3.05, 3.63) is 11.4 Å². The maximum absolute atomic E-state index is 11.7. The van der Waals surface area contributed by atoms with Crippen LogP contribution in [-0.2, 0) is 14.8 Å². The molecule has 18 heavy (non-hydrogen) atoms. The van der Waals surface area contributed by atoms with Crippen LogP contribution in [0.15, 0.2) is 4.90 Å². The molecule has 0 aliphatic rings. The number of H-pyrrole nitrogens is 1. The van der Waals surface area contributed by atoms with Gasteiger partial charge in [-0.05, 0) is 19.3 Å². The molecule has 0 fully saturated rings. The fraction of sp³-hybridized carbons (Fsp3) is 0.600. The zero-order chi connectivity index (χ0) is 13.9. The van der Waals surface area contributed by atoms with Crippen LogP contribution in [0, 0.1) is 12.8 Å². The first-order chi connectivity index (χ1) is 8.23. The monoisotopic (exact) mass is 275 g/mol. The molecule has 0 aliphatic carbocycles. The largest absolute Gasteiger partial charge is 0.461 e. The first-order valence-corrected chi connectivity index (χ1v) is 7.03. The number of esters is 1. The number of hydrogen-bond acceptors (Lipinski definition) is 5. The number of aromatic nitrogens is 2. The molecule has 0 saturated heterocycles. The molecule has 0 spiro atoms. The maximum atomic E-state index is 11.7. The summed E-state index contributed by atoms with van der Waals surface area (Å²) >= 11 is 0. The standard InChI is InChI=1S/C10H17N3O4S/c1-6(2)4-5-17-10(14)8-9(18(11,15)16)7(3)12-13-8/h6H,4-5H2,1-3H3,(H,12,13)(H2,11,15,16). The average molecular weight is 275 g/mol. The number of nitrogens with zero attached hydrogens (tertiary/aromatic N) is 1. The lowest BCUT2D eigenvalue weighted by atomic mass is 10.1. The van der Waals surface area contributed by atoms with Crippen LogP contribution in [0.5, 0.6) is 0 Å². The number of rotatable bonds is 5. The predicted octanol–water partition coefficient (Wildman–Crippen LogP) is 0.568. The normalized spacial score (nSPS) is 11.8. The van der Waals surface area contributed by atoms with E-state index in [1.807, 2.05) is 13.8 Å². The number of carbonyl (C=O) groups excluding carboxylic acids is 1. The first-order valence-electron chi connectivity index (χ1n) is 5.48. The van der Waals surface area contributed by atoms with Crippen molar-refractivity contribution in [1.82, 2.24) is 10.2 Å². The van der Waals surface area contributed by atoms with E-state index in [0.29, 0.717) is 12.3 Å². The number of nitrogens with two attached hydrogens (primary N) is 1. The molecule has 0 amide bonds. The number of ether oxygens (including phenoxy) is 1. The zero-order valence-corrected chi connectivity index (χ0v) is 11.4. The van der Waals surface area contributed by atoms with E-state index in [9.17, 15) is 13.2 Å². The molecule has 0 atom stereocenters. The Kier molecular flexibility index (Phi) is 4.47. The topological polar surface area (TPSA) is 115 Å². The lowest BCUT2D eigenvalue weighted by Gasteiger charge is -2.06. The molecule has 102 valence electrons. The van der Waals surface area contributed by atoms with Crippen molar-refractivity contribution in [2.45, 2.75) is 32.1 Å². The zero-order valence-electron chi connectivity index (χ0n) is 10.6. The molecular weight excluding hydrogens is 258 g/mol. The molecule has 1 aromatic heterocycles. The van der Waals surface area contributed by atoms with Gasteiger partial charge in [0, 0.05) is 0 Å². The van der Waals surface area contributed by atoms with Crippen molar-refractivity contribution in [3.63, 3.8) is 0 Å². The van der Waals surface area contributed by atoms with Crippen LogP contribution in [0.25, 0.3) is 0 Å². The molecular formula is C10H17N3O4S. The Morgan fingerprint density at radius 2 is 2.11 bits per heavy atom. The Balaban J connectivity index is 2.88. The van der Waals surface area contributed by atoms with Gasteiger partial charge in [-0.3, -0.25) is 5.10 Å². The summed E-state index contributed by atoms with van der Waals surface area (Å²) in [5.74, 6) is -0.402. The van der Waals surface area contributed by atoms with Crippen LogP contribution >= 0.6 is 0 Å². The van der Waals surface area contributed by atoms with Crippen molar-refractivity contribution in [1.29, 1.82) is 0 Å². The summed E-state index contributed by atoms with van der Waals surface area (Å²) in [5, 5.41) is 11.1. The minimum absolute atomic E-state index is 0.215. The van der Waals surface area contributed by atoms with Gasteiger partial charge in [-0.25, -0.2) is 18.4 Å². The SMILES string of the molecule is Cc1[nH]nc(C(=O)OCCC(C)C)c1S(N)(=O)=O. The first kappa shape index (κ1) is 14.7. The Morgan fingerprint density at radius 3 is 2.61 bits per heavy atom. The van der Waals surface area contributed by atoms with Gasteiger partial charge in [0.15, 0.2) is 5.69 Å². The summed E-state index contributed by atoms with van der Waals surface area (Å²) in [6, 6.07) is 0. The van der Waals surface area contributed by atoms with Crippen molar-refractivity contribution in [2.24, 2.45) is 11.1 Å². The molecule has 7 nitrogen and oxygen atoms in total. The van der Waals surface area contributed by atoms with Gasteiger partial charge < -0.3 is 4.74 Å². The quantitative estimate of drug-likeness (QED) is 0.762. The number of aryl methyl sites for hydroxylation is 1. The lowest BCUT2D eigenvalue weighted by Crippen LogP contribution is -2.18. The highest BCUT2D eigenvalue weighted by Gasteiger charge is 2.26. The van der Waals surface area contributed by atoms with Gasteiger partial charge in [0.1, 0.15) is 4.90 Å². The Morgan fingerprint density at radius 1 is 1.50 bits per heavy atom. The molecule has 1 rings (SSSR count). The average Bonchev–Trinajstić information content (AvgIpc) is 2.58. The van der Waals surface area contributed by atoms with E-state index in [4.69, 9.17) is 9.88 Å². The van der Waals surface area contributed by atoms with Crippen LogP contribution < -0.4 is 5.14 Å². The van der Waals surface area contributed by atoms with Gasteiger partial charge >= 0.3 is 5.97 Å². The number of sulfonamides is 1. The van der Waals surface area contributed by atoms with E-state index in [1.54, 1.807) is 0 Å². The number of aromatic amines is 1. The minimum Gasteiger partial charge on any atom is -0.461 e. The molecule has 0 aliphatic heterocycles. The molecule has 0 unspecified atom stereocenters. The molecule has 0 aromatic carbocycles. The summed E-state index contributed by atoms with van der Waals surface area (Å²) in [7, 11) is -4.00. The molecule has 0 radical (unpaired) electrons. The second-order valence-corrected chi connectivity index (χ2v) is 5.89. The Labute approximate surface area is 106 Å². The molecule has 1 aromatic rings. The van der Waals surface area contributed by atoms with E-state index in [0.717, 1.165) is 0 Å². The van der Waals surface area contributed by atoms with Gasteiger partial charge in [0.2, 0.25) is 10.0 Å². The maximum Gasteiger partial charge on any atom is 0.360 e. The molecule has 0 bridgehead atoms. The predicted molar refractivity (Wildman–Crippen MR) is 64.4 cm³/mol. The van der Waals surface area contributed by atoms with Crippen LogP contribution in [0.3, 0.4) is 0 Å². The minimum atomic E-state index is -4.00. The van der Waals surface area contributed by atoms with Gasteiger partial charge in [0.25, 0.3) is 0 Å². The lowest BCUT2D eigenvalue weighted by molar-refractivity contribution is 0.0476. The molecule has 8 heteroatoms. The van der Waals surface area contributed by atoms with Gasteiger partial charge in [-0.1, -0.05) is 13.8 Å². The number of hydrogen-bond donors (Lipinski definition) is 2. The third-order valence-corrected chi connectivity index (χ3v) is 3.37. The highest BCUT2D eigenvalue weighted by atomic mass is 32.2. The van der Waals surface area contributed by atoms with Crippen molar-refractivity contribution in [3.8, 4) is 0 Å². The van der Waals surface area contributed by atoms with Gasteiger partial charge in [0.05, 0.1) is 12.3 Å². The summed E-state index contributed by atoms with van der Waals surface area (Å²) in [6.45, 7) is 5.66. The van der Waals surface area contributed by atoms with E-state index < -0.39 is 16.0 Å². The third-order valence-electron chi connectivity index (χ3n) is 2.30. The smallest absolute Gasteiger partial charge is 0.360 e. The van der Waals surface area contributed by atoms with E-state index in [1.165, 1.54) is 6.92 Å². The van der Waals surface area contributed by atoms with Crippen LogP contribution in [0.2, 0.25) is 0 Å². The van der Waals surface area contributed by atoms with Crippen molar-refractivity contribution in [2.75, 3.05) is 6.61 Å². The molecule has 3 N–H and O–H groups in total. The van der Waals surface area contributed by atoms with E-state index in [2.05, 4.69) is 10.2 Å². The highest BCUT2D eigenvalue weighted by Crippen LogP contribution is 2.16. The van der Waals surface area contributed by atoms with Crippen LogP contribution in [0.1, 0.15) is 36.5 Å². The Bertz CT molecular complexity index is 533. The van der Waals surface area contributed by atoms with Crippen LogP contribution in [0.4, 0.5) is 0 Å². The fourth-order valence-electron chi connectivity index (χ4n) is 1.36. The van der Waals surface area contributed by atoms with Crippen LogP contribution in [-0.4, -0.2) is 31.2 Å². The summed E-state index contributed by atoms with van der Waals surface area (Å²) in [5.41, 5.74) is -0.0768. The third kappa shape index (κ3) is 3.54. The van der Waals surface area contributed by atoms with Crippen molar-refractivity contribution >= 4 is 16.0 Å². The molecule has 1 heterocycles. The number of nitrogens with one attached hydrogen (secondary N) is 1. The highest BCUT2D eigenvalue weighted by molar-refractivity contribution is 7.89. The summed E-state index contributed by atoms with van der Waals surface area (Å²) in [6.07, 6.45) is 0.694. The second kappa shape index (κ2) is 5.49. The molecule has 0 saturated carbocycles. The van der Waals surface area contributed by atoms with Crippen molar-refractivity contribution < 1.29 is 17.9 Å². The van der Waals surface area contributed by atoms with E-state index >= 15 is 0 Å². The summed E-state index contributed by atoms with van der Waals surface area (Å²) < 4.78 is 27.6. The fourth-order valence-corrected chi connectivity index (χ4v) is 2.23. The number of primary sulfonamides is 1. The number of carbonyl (C=O) groups is 1. The van der Waals surface area contributed by atoms with Gasteiger partial charge in [-0.2, -0.15) is 5.10 Å².